The zero-order valence-corrected chi connectivity index (χ0v) is 17.7. The summed E-state index contributed by atoms with van der Waals surface area (Å²) in [6, 6.07) is 13.2. The fourth-order valence-corrected chi connectivity index (χ4v) is 3.40. The van der Waals surface area contributed by atoms with Gasteiger partial charge in [-0.05, 0) is 57.0 Å². The molecular weight excluding hydrogens is 382 g/mol. The van der Waals surface area contributed by atoms with E-state index < -0.39 is 5.60 Å². The van der Waals surface area contributed by atoms with Crippen LogP contribution in [0.2, 0.25) is 0 Å². The van der Waals surface area contributed by atoms with Gasteiger partial charge in [-0.1, -0.05) is 18.2 Å². The number of rotatable bonds is 7. The van der Waals surface area contributed by atoms with E-state index in [1.165, 1.54) is 0 Å². The number of ether oxygens (including phenoxy) is 2. The number of pyridine rings is 1. The minimum atomic E-state index is -0.552. The van der Waals surface area contributed by atoms with Crippen molar-refractivity contribution in [2.24, 2.45) is 5.92 Å². The fourth-order valence-electron chi connectivity index (χ4n) is 3.40. The highest BCUT2D eigenvalue weighted by molar-refractivity contribution is 5.85. The predicted molar refractivity (Wildman–Crippen MR) is 114 cm³/mol. The first-order chi connectivity index (χ1) is 14.2. The second-order valence-corrected chi connectivity index (χ2v) is 8.61. The summed E-state index contributed by atoms with van der Waals surface area (Å²) in [5.41, 5.74) is 7.18. The highest BCUT2D eigenvalue weighted by Crippen LogP contribution is 2.22. The van der Waals surface area contributed by atoms with Crippen LogP contribution in [0.3, 0.4) is 0 Å². The maximum Gasteiger partial charge on any atom is 0.307 e. The quantitative estimate of drug-likeness (QED) is 0.679. The van der Waals surface area contributed by atoms with Crippen molar-refractivity contribution >= 4 is 17.7 Å². The van der Waals surface area contributed by atoms with Crippen molar-refractivity contribution in [1.82, 2.24) is 10.3 Å². The predicted octanol–water partition coefficient (Wildman–Crippen LogP) is 2.87. The zero-order chi connectivity index (χ0) is 21.7. The number of nitrogens with zero attached hydrogens (tertiary/aromatic N) is 1. The maximum absolute atomic E-state index is 12.2. The average molecular weight is 412 g/mol. The van der Waals surface area contributed by atoms with E-state index in [4.69, 9.17) is 15.2 Å². The summed E-state index contributed by atoms with van der Waals surface area (Å²) in [5, 5.41) is 2.90. The molecule has 1 saturated heterocycles. The smallest absolute Gasteiger partial charge is 0.307 e. The first kappa shape index (κ1) is 21.6. The Balaban J connectivity index is 1.46. The largest absolute Gasteiger partial charge is 0.491 e. The molecule has 1 amide bonds. The van der Waals surface area contributed by atoms with Gasteiger partial charge in [0.05, 0.1) is 18.4 Å². The topological polar surface area (TPSA) is 104 Å². The maximum atomic E-state index is 12.2. The summed E-state index contributed by atoms with van der Waals surface area (Å²) in [6.45, 7) is 5.79. The fraction of sp³-hybridized carbons (Fsp3) is 0.435. The van der Waals surface area contributed by atoms with Crippen LogP contribution in [0, 0.1) is 5.92 Å². The molecular formula is C23H29N3O4. The molecule has 1 aromatic carbocycles. The highest BCUT2D eigenvalue weighted by atomic mass is 16.6. The molecule has 0 spiro atoms. The second-order valence-electron chi connectivity index (χ2n) is 8.61. The van der Waals surface area contributed by atoms with Crippen molar-refractivity contribution in [3.8, 4) is 5.75 Å². The Bertz CT molecular complexity index is 890. The lowest BCUT2D eigenvalue weighted by Crippen LogP contribution is -2.31. The number of carbonyl (C=O) groups is 2. The number of nitrogens with one attached hydrogen (secondary N) is 1. The van der Waals surface area contributed by atoms with Gasteiger partial charge in [-0.3, -0.25) is 9.59 Å². The van der Waals surface area contributed by atoms with E-state index in [-0.39, 0.29) is 30.3 Å². The van der Waals surface area contributed by atoms with E-state index in [2.05, 4.69) is 10.3 Å². The molecule has 0 bridgehead atoms. The van der Waals surface area contributed by atoms with Crippen molar-refractivity contribution in [3.63, 3.8) is 0 Å². The zero-order valence-electron chi connectivity index (χ0n) is 17.7. The van der Waals surface area contributed by atoms with E-state index in [0.717, 1.165) is 17.0 Å². The average Bonchev–Trinajstić information content (AvgIpc) is 2.99. The van der Waals surface area contributed by atoms with Crippen LogP contribution in [0.25, 0.3) is 0 Å². The highest BCUT2D eigenvalue weighted by Gasteiger charge is 2.35. The Hall–Kier alpha value is -3.09. The number of nitrogen functional groups attached to an aromatic ring is 1. The molecule has 1 aliphatic heterocycles. The summed E-state index contributed by atoms with van der Waals surface area (Å²) in [5.74, 6) is 0.385. The first-order valence-corrected chi connectivity index (χ1v) is 10.1. The van der Waals surface area contributed by atoms with Crippen molar-refractivity contribution in [1.29, 1.82) is 0 Å². The van der Waals surface area contributed by atoms with Gasteiger partial charge < -0.3 is 20.5 Å². The lowest BCUT2D eigenvalue weighted by molar-refractivity contribution is -0.156. The van der Waals surface area contributed by atoms with Gasteiger partial charge in [0, 0.05) is 12.1 Å². The number of aromatic nitrogens is 1. The number of carbonyl (C=O) groups excluding carboxylic acids is 2. The third-order valence-corrected chi connectivity index (χ3v) is 4.71. The third-order valence-electron chi connectivity index (χ3n) is 4.71. The molecule has 2 aromatic rings. The number of anilines is 1. The van der Waals surface area contributed by atoms with Crippen molar-refractivity contribution in [2.45, 2.75) is 51.7 Å². The van der Waals surface area contributed by atoms with Gasteiger partial charge in [0.25, 0.3) is 0 Å². The van der Waals surface area contributed by atoms with Crippen LogP contribution in [0.15, 0.2) is 42.5 Å². The Morgan fingerprint density at radius 1 is 1.20 bits per heavy atom. The molecule has 1 fully saturated rings. The van der Waals surface area contributed by atoms with Gasteiger partial charge in [0.1, 0.15) is 23.8 Å². The van der Waals surface area contributed by atoms with Gasteiger partial charge in [-0.15, -0.1) is 0 Å². The van der Waals surface area contributed by atoms with Crippen LogP contribution < -0.4 is 15.8 Å². The molecule has 3 N–H and O–H groups in total. The summed E-state index contributed by atoms with van der Waals surface area (Å²) >= 11 is 0. The SMILES string of the molecule is CC(C)(C)OC(=O)C[C@@H]1C[C@@H](COc2ccc(Cc3cccc(N)n3)cc2)NC1=O. The van der Waals surface area contributed by atoms with Crippen LogP contribution in [-0.2, 0) is 20.7 Å². The van der Waals surface area contributed by atoms with E-state index in [1.54, 1.807) is 6.07 Å². The van der Waals surface area contributed by atoms with Crippen LogP contribution in [0.4, 0.5) is 5.82 Å². The molecule has 0 aliphatic carbocycles. The van der Waals surface area contributed by atoms with Crippen LogP contribution >= 0.6 is 0 Å². The van der Waals surface area contributed by atoms with Crippen molar-refractivity contribution in [2.75, 3.05) is 12.3 Å². The van der Waals surface area contributed by atoms with Crippen molar-refractivity contribution in [3.05, 3.63) is 53.7 Å². The molecule has 7 nitrogen and oxygen atoms in total. The van der Waals surface area contributed by atoms with Gasteiger partial charge >= 0.3 is 5.97 Å². The Labute approximate surface area is 177 Å². The van der Waals surface area contributed by atoms with Gasteiger partial charge in [-0.2, -0.15) is 0 Å². The number of esters is 1. The van der Waals surface area contributed by atoms with E-state index >= 15 is 0 Å². The van der Waals surface area contributed by atoms with E-state index in [9.17, 15) is 9.59 Å². The molecule has 0 radical (unpaired) electrons. The van der Waals surface area contributed by atoms with Crippen LogP contribution in [-0.4, -0.2) is 35.1 Å². The van der Waals surface area contributed by atoms with Gasteiger partial charge in [0.15, 0.2) is 0 Å². The Morgan fingerprint density at radius 3 is 2.60 bits per heavy atom. The summed E-state index contributed by atoms with van der Waals surface area (Å²) < 4.78 is 11.1. The molecule has 30 heavy (non-hydrogen) atoms. The monoisotopic (exact) mass is 411 g/mol. The number of hydrogen-bond donors (Lipinski definition) is 2. The lowest BCUT2D eigenvalue weighted by Gasteiger charge is -2.20. The number of hydrogen-bond acceptors (Lipinski definition) is 6. The normalized spacial score (nSPS) is 18.7. The van der Waals surface area contributed by atoms with E-state index in [1.807, 2.05) is 57.2 Å². The molecule has 160 valence electrons. The van der Waals surface area contributed by atoms with Crippen molar-refractivity contribution < 1.29 is 19.1 Å². The molecule has 2 heterocycles. The minimum Gasteiger partial charge on any atom is -0.491 e. The summed E-state index contributed by atoms with van der Waals surface area (Å²) in [4.78, 5) is 28.4. The molecule has 1 aliphatic rings. The molecule has 3 rings (SSSR count). The standard InChI is InChI=1S/C23H29N3O4/c1-23(2,3)30-21(27)13-16-12-18(26-22(16)28)14-29-19-9-7-15(8-10-19)11-17-5-4-6-20(24)25-17/h4-10,16,18H,11-14H2,1-3H3,(H2,24,25)(H,26,28)/t16-,18-/m0/s1. The Morgan fingerprint density at radius 2 is 1.93 bits per heavy atom. The number of amides is 1. The van der Waals surface area contributed by atoms with Crippen LogP contribution in [0.1, 0.15) is 44.9 Å². The molecule has 7 heteroatoms. The lowest BCUT2D eigenvalue weighted by atomic mass is 10.0. The van der Waals surface area contributed by atoms with E-state index in [0.29, 0.717) is 25.3 Å². The minimum absolute atomic E-state index is 0.0896. The molecule has 0 saturated carbocycles. The van der Waals surface area contributed by atoms with Crippen LogP contribution in [0.5, 0.6) is 5.75 Å². The second kappa shape index (κ2) is 9.15. The van der Waals surface area contributed by atoms with Gasteiger partial charge in [-0.25, -0.2) is 4.98 Å². The first-order valence-electron chi connectivity index (χ1n) is 10.1. The number of nitrogens with two attached hydrogens (primary N) is 1. The summed E-state index contributed by atoms with van der Waals surface area (Å²) in [7, 11) is 0. The molecule has 1 aromatic heterocycles. The molecule has 2 atom stereocenters. The number of benzene rings is 1. The Kier molecular flexibility index (Phi) is 6.59. The summed E-state index contributed by atoms with van der Waals surface area (Å²) in [6.07, 6.45) is 1.33. The van der Waals surface area contributed by atoms with Gasteiger partial charge in [0.2, 0.25) is 5.91 Å². The molecule has 0 unspecified atom stereocenters. The third kappa shape index (κ3) is 6.47.